The fourth-order valence-electron chi connectivity index (χ4n) is 1.90. The fraction of sp³-hybridized carbons (Fsp3) is 0.318. The molecule has 0 radical (unpaired) electrons. The van der Waals surface area contributed by atoms with Crippen LogP contribution in [0, 0.1) is 12.7 Å². The zero-order valence-corrected chi connectivity index (χ0v) is 16.3. The Kier molecular flexibility index (Phi) is 12.7. The molecule has 27 heavy (non-hydrogen) atoms. The van der Waals surface area contributed by atoms with E-state index in [-0.39, 0.29) is 12.2 Å². The Labute approximate surface area is 160 Å². The average Bonchev–Trinajstić information content (AvgIpc) is 2.65. The molecule has 0 amide bonds. The quantitative estimate of drug-likeness (QED) is 0.310. The van der Waals surface area contributed by atoms with Gasteiger partial charge in [0.1, 0.15) is 5.82 Å². The van der Waals surface area contributed by atoms with Gasteiger partial charge in [0.15, 0.2) is 0 Å². The summed E-state index contributed by atoms with van der Waals surface area (Å²) in [7, 11) is 1.32. The molecule has 146 valence electrons. The highest BCUT2D eigenvalue weighted by Crippen LogP contribution is 2.08. The van der Waals surface area contributed by atoms with Crippen molar-refractivity contribution in [2.45, 2.75) is 40.0 Å². The molecule has 0 aliphatic carbocycles. The first kappa shape index (κ1) is 24.1. The minimum Gasteiger partial charge on any atom is -0.481 e. The zero-order valence-electron chi connectivity index (χ0n) is 16.3. The topological polar surface area (TPSA) is 63.6 Å². The number of carbonyl (C=O) groups excluding carboxylic acids is 1. The first-order valence-electron chi connectivity index (χ1n) is 8.64. The Morgan fingerprint density at radius 2 is 1.93 bits per heavy atom. The number of aliphatic carboxylic acids is 1. The number of hydrogen-bond donors (Lipinski definition) is 1. The van der Waals surface area contributed by atoms with Crippen molar-refractivity contribution in [3.8, 4) is 0 Å². The van der Waals surface area contributed by atoms with Gasteiger partial charge < -0.3 is 9.84 Å². The number of allylic oxidation sites excluding steroid dienone is 3. The molecule has 0 aromatic heterocycles. The third-order valence-electron chi connectivity index (χ3n) is 3.46. The normalized spacial score (nSPS) is 10.5. The highest BCUT2D eigenvalue weighted by molar-refractivity contribution is 5.91. The van der Waals surface area contributed by atoms with Crippen LogP contribution in [-0.2, 0) is 14.3 Å². The van der Waals surface area contributed by atoms with Crippen LogP contribution in [0.25, 0.3) is 0 Å². The number of carboxylic acid groups (broad SMARTS) is 1. The Hall–Kier alpha value is -2.91. The van der Waals surface area contributed by atoms with E-state index in [2.05, 4.69) is 10.5 Å². The molecule has 0 bridgehead atoms. The highest BCUT2D eigenvalue weighted by atomic mass is 19.1. The molecule has 0 saturated carbocycles. The van der Waals surface area contributed by atoms with Crippen molar-refractivity contribution in [1.82, 2.24) is 0 Å². The van der Waals surface area contributed by atoms with E-state index in [4.69, 9.17) is 5.11 Å². The largest absolute Gasteiger partial charge is 0.481 e. The summed E-state index contributed by atoms with van der Waals surface area (Å²) in [5, 5.41) is 8.61. The van der Waals surface area contributed by atoms with Gasteiger partial charge in [-0.05, 0) is 56.0 Å². The van der Waals surface area contributed by atoms with Gasteiger partial charge in [-0.1, -0.05) is 37.3 Å². The van der Waals surface area contributed by atoms with Crippen LogP contribution in [0.5, 0.6) is 0 Å². The lowest BCUT2D eigenvalue weighted by Crippen LogP contribution is -2.01. The van der Waals surface area contributed by atoms with Crippen LogP contribution in [0.1, 0.15) is 38.7 Å². The molecule has 0 saturated heterocycles. The Bertz CT molecular complexity index is 717. The maximum absolute atomic E-state index is 12.3. The number of halogens is 1. The highest BCUT2D eigenvalue weighted by Gasteiger charge is 2.03. The average molecular weight is 374 g/mol. The number of aryl methyl sites for hydroxylation is 1. The van der Waals surface area contributed by atoms with Crippen LogP contribution < -0.4 is 0 Å². The fourth-order valence-corrected chi connectivity index (χ4v) is 1.90. The van der Waals surface area contributed by atoms with Gasteiger partial charge in [-0.15, -0.1) is 5.73 Å². The van der Waals surface area contributed by atoms with Crippen LogP contribution >= 0.6 is 0 Å². The van der Waals surface area contributed by atoms with E-state index < -0.39 is 11.9 Å². The summed E-state index contributed by atoms with van der Waals surface area (Å²) in [6.45, 7) is 5.49. The van der Waals surface area contributed by atoms with E-state index in [9.17, 15) is 14.0 Å². The molecule has 1 aromatic rings. The van der Waals surface area contributed by atoms with E-state index in [1.54, 1.807) is 50.3 Å². The lowest BCUT2D eigenvalue weighted by atomic mass is 10.1. The van der Waals surface area contributed by atoms with Gasteiger partial charge in [-0.3, -0.25) is 4.79 Å². The first-order chi connectivity index (χ1) is 12.8. The second-order valence-corrected chi connectivity index (χ2v) is 5.52. The van der Waals surface area contributed by atoms with Crippen molar-refractivity contribution in [3.05, 3.63) is 76.8 Å². The SMILES string of the molecule is C/C=C\C(=C/C=C=C(CC)CCC(=O)O)C(=O)OC.Cc1ccccc1F. The van der Waals surface area contributed by atoms with E-state index in [1.165, 1.54) is 13.2 Å². The summed E-state index contributed by atoms with van der Waals surface area (Å²) in [5.74, 6) is -1.38. The minimum atomic E-state index is -0.826. The van der Waals surface area contributed by atoms with Crippen molar-refractivity contribution in [3.63, 3.8) is 0 Å². The van der Waals surface area contributed by atoms with Crippen molar-refractivity contribution in [2.75, 3.05) is 7.11 Å². The zero-order chi connectivity index (χ0) is 20.7. The number of benzene rings is 1. The molecule has 1 N–H and O–H groups in total. The van der Waals surface area contributed by atoms with Gasteiger partial charge in [0, 0.05) is 6.42 Å². The summed E-state index contributed by atoms with van der Waals surface area (Å²) in [5.41, 5.74) is 5.03. The van der Waals surface area contributed by atoms with Gasteiger partial charge >= 0.3 is 11.9 Å². The standard InChI is InChI=1S/C15H20O4.C7H7F/c1-4-7-13(15(18)19-3)9-6-8-12(5-2)10-11-14(16)17;1-6-4-2-3-5-7(6)8/h4,6-7,9H,5,10-11H2,1-3H3,(H,16,17);2-5H,1H3/b7-4-,13-9+;. The van der Waals surface area contributed by atoms with Crippen LogP contribution in [0.3, 0.4) is 0 Å². The van der Waals surface area contributed by atoms with Gasteiger partial charge in [-0.25, -0.2) is 9.18 Å². The first-order valence-corrected chi connectivity index (χ1v) is 8.64. The van der Waals surface area contributed by atoms with Crippen LogP contribution in [0.2, 0.25) is 0 Å². The van der Waals surface area contributed by atoms with Gasteiger partial charge in [0.25, 0.3) is 0 Å². The smallest absolute Gasteiger partial charge is 0.337 e. The Balaban J connectivity index is 0.000000694. The lowest BCUT2D eigenvalue weighted by molar-refractivity contribution is -0.137. The number of carbonyl (C=O) groups is 2. The Morgan fingerprint density at radius 1 is 1.26 bits per heavy atom. The third kappa shape index (κ3) is 11.3. The minimum absolute atomic E-state index is 0.0897. The molecule has 0 atom stereocenters. The molecular formula is C22H27FO4. The van der Waals surface area contributed by atoms with E-state index in [0.29, 0.717) is 17.6 Å². The summed E-state index contributed by atoms with van der Waals surface area (Å²) < 4.78 is 17.0. The molecule has 1 aromatic carbocycles. The molecule has 1 rings (SSSR count). The number of hydrogen-bond acceptors (Lipinski definition) is 3. The third-order valence-corrected chi connectivity index (χ3v) is 3.46. The molecule has 0 unspecified atom stereocenters. The number of rotatable bonds is 7. The van der Waals surface area contributed by atoms with Crippen molar-refractivity contribution < 1.29 is 23.8 Å². The van der Waals surface area contributed by atoms with Gasteiger partial charge in [0.05, 0.1) is 12.7 Å². The predicted molar refractivity (Wildman–Crippen MR) is 105 cm³/mol. The van der Waals surface area contributed by atoms with Gasteiger partial charge in [-0.2, -0.15) is 0 Å². The lowest BCUT2D eigenvalue weighted by Gasteiger charge is -1.98. The number of ether oxygens (including phenoxy) is 1. The predicted octanol–water partition coefficient (Wildman–Crippen LogP) is 5.15. The molecule has 0 spiro atoms. The van der Waals surface area contributed by atoms with Crippen LogP contribution in [0.15, 0.2) is 65.4 Å². The number of methoxy groups -OCH3 is 1. The van der Waals surface area contributed by atoms with E-state index in [1.807, 2.05) is 13.0 Å². The molecule has 0 fully saturated rings. The molecule has 0 aliphatic rings. The number of carboxylic acids is 1. The second-order valence-electron chi connectivity index (χ2n) is 5.52. The molecule has 0 aliphatic heterocycles. The van der Waals surface area contributed by atoms with Crippen molar-refractivity contribution in [2.24, 2.45) is 0 Å². The van der Waals surface area contributed by atoms with Crippen molar-refractivity contribution >= 4 is 11.9 Å². The number of esters is 1. The van der Waals surface area contributed by atoms with E-state index >= 15 is 0 Å². The second kappa shape index (κ2) is 14.3. The molecule has 4 nitrogen and oxygen atoms in total. The van der Waals surface area contributed by atoms with E-state index in [0.717, 1.165) is 12.0 Å². The van der Waals surface area contributed by atoms with Crippen LogP contribution in [-0.4, -0.2) is 24.2 Å². The monoisotopic (exact) mass is 374 g/mol. The summed E-state index contributed by atoms with van der Waals surface area (Å²) >= 11 is 0. The summed E-state index contributed by atoms with van der Waals surface area (Å²) in [6, 6.07) is 6.70. The molecular weight excluding hydrogens is 347 g/mol. The summed E-state index contributed by atoms with van der Waals surface area (Å²) in [6.07, 6.45) is 7.89. The molecule has 5 heteroatoms. The van der Waals surface area contributed by atoms with Crippen molar-refractivity contribution in [1.29, 1.82) is 0 Å². The molecule has 0 heterocycles. The maximum Gasteiger partial charge on any atom is 0.337 e. The Morgan fingerprint density at radius 3 is 2.37 bits per heavy atom. The summed E-state index contributed by atoms with van der Waals surface area (Å²) in [4.78, 5) is 21.9. The van der Waals surface area contributed by atoms with Crippen LogP contribution in [0.4, 0.5) is 4.39 Å². The van der Waals surface area contributed by atoms with Gasteiger partial charge in [0.2, 0.25) is 0 Å². The maximum atomic E-state index is 12.3.